The van der Waals surface area contributed by atoms with Crippen molar-refractivity contribution in [3.8, 4) is 0 Å². The Labute approximate surface area is 108 Å². The number of alkyl halides is 2. The summed E-state index contributed by atoms with van der Waals surface area (Å²) in [5.41, 5.74) is 4.82. The van der Waals surface area contributed by atoms with Crippen molar-refractivity contribution in [2.24, 2.45) is 5.73 Å². The van der Waals surface area contributed by atoms with Crippen molar-refractivity contribution in [2.45, 2.75) is 12.3 Å². The highest BCUT2D eigenvalue weighted by Crippen LogP contribution is 2.08. The number of carbonyl (C=O) groups excluding carboxylic acids is 2. The van der Waals surface area contributed by atoms with Crippen molar-refractivity contribution in [1.29, 1.82) is 0 Å². The van der Waals surface area contributed by atoms with Crippen LogP contribution in [0, 0.1) is 0 Å². The fraction of sp³-hybridized carbons (Fsp3) is 0.455. The van der Waals surface area contributed by atoms with Crippen LogP contribution in [0.4, 0.5) is 8.78 Å². The van der Waals surface area contributed by atoms with E-state index in [9.17, 15) is 18.4 Å². The Morgan fingerprint density at radius 3 is 2.68 bits per heavy atom. The molecule has 0 aliphatic heterocycles. The Balaban J connectivity index is 2.19. The molecule has 6 nitrogen and oxygen atoms in total. The number of furan rings is 1. The van der Waals surface area contributed by atoms with E-state index in [2.05, 4.69) is 5.32 Å². The molecule has 0 saturated heterocycles. The molecule has 0 bridgehead atoms. The minimum absolute atomic E-state index is 0.0273. The van der Waals surface area contributed by atoms with Crippen LogP contribution in [0.5, 0.6) is 0 Å². The van der Waals surface area contributed by atoms with E-state index in [-0.39, 0.29) is 18.7 Å². The molecule has 0 spiro atoms. The maximum absolute atomic E-state index is 12.7. The van der Waals surface area contributed by atoms with E-state index < -0.39 is 30.8 Å². The van der Waals surface area contributed by atoms with E-state index in [0.717, 1.165) is 0 Å². The summed E-state index contributed by atoms with van der Waals surface area (Å²) in [5, 5.41) is 4.46. The van der Waals surface area contributed by atoms with Crippen LogP contribution in [0.25, 0.3) is 0 Å². The van der Waals surface area contributed by atoms with Crippen molar-refractivity contribution in [3.63, 3.8) is 0 Å². The van der Waals surface area contributed by atoms with Gasteiger partial charge in [0.2, 0.25) is 5.91 Å². The van der Waals surface area contributed by atoms with Gasteiger partial charge in [0.15, 0.2) is 5.76 Å². The first-order valence-corrected chi connectivity index (χ1v) is 5.61. The number of rotatable bonds is 7. The molecule has 1 aromatic heterocycles. The molecule has 0 aliphatic carbocycles. The zero-order chi connectivity index (χ0) is 14.3. The summed E-state index contributed by atoms with van der Waals surface area (Å²) in [5.74, 6) is -4.05. The van der Waals surface area contributed by atoms with E-state index in [1.165, 1.54) is 12.3 Å². The second-order valence-electron chi connectivity index (χ2n) is 3.82. The number of carbonyl (C=O) groups is 2. The molecule has 1 aromatic rings. The average Bonchev–Trinajstić information content (AvgIpc) is 2.90. The zero-order valence-corrected chi connectivity index (χ0v) is 10.1. The number of hydrogen-bond acceptors (Lipinski definition) is 4. The van der Waals surface area contributed by atoms with Crippen LogP contribution in [0.2, 0.25) is 0 Å². The van der Waals surface area contributed by atoms with E-state index in [1.54, 1.807) is 6.07 Å². The third kappa shape index (κ3) is 5.47. The predicted octanol–water partition coefficient (Wildman–Crippen LogP) is 0.110. The molecular weight excluding hydrogens is 260 g/mol. The van der Waals surface area contributed by atoms with E-state index >= 15 is 0 Å². The normalized spacial score (nSPS) is 11.1. The molecule has 8 heteroatoms. The molecule has 0 saturated carbocycles. The number of amides is 2. The molecule has 0 fully saturated rings. The number of nitrogens with two attached hydrogens (primary N) is 1. The Kier molecular flexibility index (Phi) is 5.43. The third-order valence-corrected chi connectivity index (χ3v) is 2.23. The summed E-state index contributed by atoms with van der Waals surface area (Å²) in [7, 11) is 0. The Morgan fingerprint density at radius 1 is 1.37 bits per heavy atom. The smallest absolute Gasteiger partial charge is 0.286 e. The van der Waals surface area contributed by atoms with Crippen LogP contribution in [-0.2, 0) is 4.79 Å². The largest absolute Gasteiger partial charge is 0.459 e. The first-order valence-electron chi connectivity index (χ1n) is 5.61. The second kappa shape index (κ2) is 6.83. The summed E-state index contributed by atoms with van der Waals surface area (Å²) in [4.78, 5) is 22.6. The summed E-state index contributed by atoms with van der Waals surface area (Å²) in [6.45, 7) is -1.61. The van der Waals surface area contributed by atoms with Crippen LogP contribution in [-0.4, -0.2) is 37.4 Å². The Morgan fingerprint density at radius 2 is 2.11 bits per heavy atom. The van der Waals surface area contributed by atoms with Gasteiger partial charge in [0.05, 0.1) is 19.4 Å². The van der Waals surface area contributed by atoms with Gasteiger partial charge in [0.25, 0.3) is 11.8 Å². The van der Waals surface area contributed by atoms with Crippen LogP contribution >= 0.6 is 0 Å². The van der Waals surface area contributed by atoms with E-state index in [1.807, 2.05) is 5.32 Å². The van der Waals surface area contributed by atoms with Crippen LogP contribution in [0.3, 0.4) is 0 Å². The van der Waals surface area contributed by atoms with Gasteiger partial charge in [-0.25, -0.2) is 8.78 Å². The Bertz CT molecular complexity index is 421. The van der Waals surface area contributed by atoms with Crippen molar-refractivity contribution in [2.75, 3.05) is 19.6 Å². The molecule has 0 unspecified atom stereocenters. The minimum atomic E-state index is -3.12. The minimum Gasteiger partial charge on any atom is -0.459 e. The topological polar surface area (TPSA) is 97.4 Å². The van der Waals surface area contributed by atoms with Gasteiger partial charge in [-0.3, -0.25) is 9.59 Å². The highest BCUT2D eigenvalue weighted by Gasteiger charge is 2.26. The maximum atomic E-state index is 12.7. The second-order valence-corrected chi connectivity index (χ2v) is 3.82. The average molecular weight is 275 g/mol. The molecular formula is C11H15F2N3O3. The summed E-state index contributed by atoms with van der Waals surface area (Å²) in [6.07, 6.45) is 1.24. The molecule has 106 valence electrons. The number of hydrogen-bond donors (Lipinski definition) is 3. The maximum Gasteiger partial charge on any atom is 0.286 e. The fourth-order valence-electron chi connectivity index (χ4n) is 1.17. The Hall–Kier alpha value is -1.96. The lowest BCUT2D eigenvalue weighted by atomic mass is 10.3. The molecule has 0 aliphatic rings. The van der Waals surface area contributed by atoms with Crippen molar-refractivity contribution < 1.29 is 22.8 Å². The van der Waals surface area contributed by atoms with Gasteiger partial charge in [-0.05, 0) is 12.1 Å². The van der Waals surface area contributed by atoms with Gasteiger partial charge in [-0.2, -0.15) is 0 Å². The molecule has 1 heterocycles. The molecule has 19 heavy (non-hydrogen) atoms. The van der Waals surface area contributed by atoms with E-state index in [0.29, 0.717) is 0 Å². The molecule has 0 atom stereocenters. The zero-order valence-electron chi connectivity index (χ0n) is 10.1. The first-order chi connectivity index (χ1) is 8.94. The molecule has 1 rings (SSSR count). The lowest BCUT2D eigenvalue weighted by molar-refractivity contribution is -0.122. The molecule has 2 amide bonds. The lowest BCUT2D eigenvalue weighted by Crippen LogP contribution is -2.42. The van der Waals surface area contributed by atoms with Crippen molar-refractivity contribution >= 4 is 11.8 Å². The molecule has 0 radical (unpaired) electrons. The molecule has 0 aromatic carbocycles. The van der Waals surface area contributed by atoms with Gasteiger partial charge in [0, 0.05) is 13.0 Å². The van der Waals surface area contributed by atoms with Crippen LogP contribution < -0.4 is 16.4 Å². The number of nitrogens with one attached hydrogen (secondary N) is 2. The standard InChI is InChI=1S/C11H15F2N3O3/c12-11(13,6-14)7-16-9(17)3-4-15-10(18)8-2-1-5-19-8/h1-2,5H,3-4,6-7,14H2,(H,15,18)(H,16,17). The van der Waals surface area contributed by atoms with Crippen LogP contribution in [0.15, 0.2) is 22.8 Å². The van der Waals surface area contributed by atoms with Gasteiger partial charge in [-0.15, -0.1) is 0 Å². The summed E-state index contributed by atoms with van der Waals surface area (Å²) >= 11 is 0. The molecule has 4 N–H and O–H groups in total. The van der Waals surface area contributed by atoms with Gasteiger partial charge in [0.1, 0.15) is 0 Å². The monoisotopic (exact) mass is 275 g/mol. The highest BCUT2D eigenvalue weighted by atomic mass is 19.3. The van der Waals surface area contributed by atoms with Crippen molar-refractivity contribution in [3.05, 3.63) is 24.2 Å². The summed E-state index contributed by atoms with van der Waals surface area (Å²) in [6, 6.07) is 3.02. The van der Waals surface area contributed by atoms with E-state index in [4.69, 9.17) is 10.2 Å². The lowest BCUT2D eigenvalue weighted by Gasteiger charge is -2.14. The van der Waals surface area contributed by atoms with Crippen LogP contribution in [0.1, 0.15) is 17.0 Å². The summed E-state index contributed by atoms with van der Waals surface area (Å²) < 4.78 is 30.3. The predicted molar refractivity (Wildman–Crippen MR) is 62.7 cm³/mol. The van der Waals surface area contributed by atoms with Crippen molar-refractivity contribution in [1.82, 2.24) is 10.6 Å². The highest BCUT2D eigenvalue weighted by molar-refractivity contribution is 5.91. The first kappa shape index (κ1) is 15.1. The quantitative estimate of drug-likeness (QED) is 0.658. The van der Waals surface area contributed by atoms with Gasteiger partial charge >= 0.3 is 0 Å². The van der Waals surface area contributed by atoms with Gasteiger partial charge < -0.3 is 20.8 Å². The SMILES string of the molecule is NCC(F)(F)CNC(=O)CCNC(=O)c1ccco1. The third-order valence-electron chi connectivity index (χ3n) is 2.23. The number of halogens is 2. The fourth-order valence-corrected chi connectivity index (χ4v) is 1.17. The van der Waals surface area contributed by atoms with Gasteiger partial charge in [-0.1, -0.05) is 0 Å².